The number of hydrogen-bond donors (Lipinski definition) is 5. The first kappa shape index (κ1) is 31.0. The average Bonchev–Trinajstić information content (AvgIpc) is 3.27. The molecule has 1 aromatic rings. The van der Waals surface area contributed by atoms with E-state index >= 15 is 0 Å². The number of allylic oxidation sites excluding steroid dienone is 2. The van der Waals surface area contributed by atoms with Gasteiger partial charge in [0.1, 0.15) is 5.25 Å². The molecule has 6 atom stereocenters. The highest BCUT2D eigenvalue weighted by molar-refractivity contribution is 7.93. The summed E-state index contributed by atoms with van der Waals surface area (Å²) < 4.78 is 68.3. The van der Waals surface area contributed by atoms with Gasteiger partial charge in [0, 0.05) is 46.8 Å². The minimum absolute atomic E-state index is 0.000419. The van der Waals surface area contributed by atoms with Crippen molar-refractivity contribution in [2.45, 2.75) is 67.3 Å². The lowest BCUT2D eigenvalue weighted by molar-refractivity contribution is -0.174. The van der Waals surface area contributed by atoms with Crippen LogP contribution in [-0.4, -0.2) is 70.4 Å². The zero-order valence-electron chi connectivity index (χ0n) is 22.6. The quantitative estimate of drug-likeness (QED) is 0.289. The lowest BCUT2D eigenvalue weighted by atomic mass is 9.53. The predicted octanol–water partition coefficient (Wildman–Crippen LogP) is 2.30. The number of nitrogens with one attached hydrogen (secondary N) is 2. The molecule has 5 N–H and O–H groups in total. The maximum atomic E-state index is 13.9. The number of carbonyl (C=O) groups excluding carboxylic acids is 2. The fourth-order valence-corrected chi connectivity index (χ4v) is 10.1. The molecule has 0 aliphatic heterocycles. The van der Waals surface area contributed by atoms with E-state index in [1.165, 1.54) is 19.1 Å². The number of amides is 2. The Morgan fingerprint density at radius 3 is 2.14 bits per heavy atom. The Bertz CT molecular complexity index is 1420. The first-order valence-electron chi connectivity index (χ1n) is 13.8. The van der Waals surface area contributed by atoms with Crippen LogP contribution >= 0.6 is 11.6 Å². The van der Waals surface area contributed by atoms with Crippen LogP contribution in [0.4, 0.5) is 18.9 Å². The first-order chi connectivity index (χ1) is 19.6. The van der Waals surface area contributed by atoms with Gasteiger partial charge in [0.15, 0.2) is 27.3 Å². The second-order valence-electron chi connectivity index (χ2n) is 11.9. The third kappa shape index (κ3) is 5.38. The lowest BCUT2D eigenvalue weighted by Gasteiger charge is -2.58. The van der Waals surface area contributed by atoms with E-state index in [0.717, 1.165) is 0 Å². The Morgan fingerprint density at radius 2 is 1.57 bits per heavy atom. The van der Waals surface area contributed by atoms with E-state index in [9.17, 15) is 46.5 Å². The van der Waals surface area contributed by atoms with Crippen molar-refractivity contribution < 1.29 is 46.5 Å². The van der Waals surface area contributed by atoms with Crippen LogP contribution in [0.3, 0.4) is 0 Å². The number of rotatable bonds is 7. The molecular formula is C28H32ClF3N2O7S. The summed E-state index contributed by atoms with van der Waals surface area (Å²) in [4.78, 5) is 25.5. The summed E-state index contributed by atoms with van der Waals surface area (Å²) in [5.74, 6) is -8.20. The Balaban J connectivity index is 1.24. The van der Waals surface area contributed by atoms with Gasteiger partial charge in [0.05, 0.1) is 23.1 Å². The fraction of sp³-hybridized carbons (Fsp3) is 0.571. The van der Waals surface area contributed by atoms with Gasteiger partial charge < -0.3 is 26.0 Å². The molecule has 5 aliphatic carbocycles. The van der Waals surface area contributed by atoms with Gasteiger partial charge in [0.25, 0.3) is 5.91 Å². The second kappa shape index (κ2) is 11.2. The van der Waals surface area contributed by atoms with Gasteiger partial charge in [0.2, 0.25) is 5.91 Å². The molecule has 0 spiro atoms. The van der Waals surface area contributed by atoms with E-state index in [2.05, 4.69) is 10.6 Å². The van der Waals surface area contributed by atoms with E-state index in [-0.39, 0.29) is 54.4 Å². The Kier molecular flexibility index (Phi) is 8.29. The number of aliphatic hydroxyl groups excluding tert-OH is 2. The van der Waals surface area contributed by atoms with E-state index < -0.39 is 85.2 Å². The highest BCUT2D eigenvalue weighted by Gasteiger charge is 2.61. The van der Waals surface area contributed by atoms with Crippen molar-refractivity contribution in [1.29, 1.82) is 0 Å². The standard InChI is InChI=1S/C28H32ClF3N2O7S/c1-12-18(27(38)34-16-9-20(30)24(32)21(31)10-16)2-3-19(29)25(12)42(40,41)17-7-14-6-15(8-17)28(14,39)11-33-26(37)13-4-22(35)23(36)5-13/h2-3,9-10,12-15,17,22-23,25,35-36,39H,4-8,11H2,1H3,(H,33,37)(H,34,38). The molecular weight excluding hydrogens is 601 g/mol. The van der Waals surface area contributed by atoms with Crippen LogP contribution in [0, 0.1) is 41.1 Å². The topological polar surface area (TPSA) is 153 Å². The molecule has 6 unspecified atom stereocenters. The van der Waals surface area contributed by atoms with Crippen molar-refractivity contribution in [1.82, 2.24) is 5.32 Å². The highest BCUT2D eigenvalue weighted by atomic mass is 35.5. The Morgan fingerprint density at radius 1 is 1.00 bits per heavy atom. The van der Waals surface area contributed by atoms with Crippen molar-refractivity contribution in [2.24, 2.45) is 23.7 Å². The van der Waals surface area contributed by atoms with Crippen LogP contribution in [0.1, 0.15) is 39.0 Å². The maximum Gasteiger partial charge on any atom is 0.251 e. The SMILES string of the molecule is CC1C(C(=O)Nc2cc(F)c(F)c(F)c2)=CC=C(Cl)C1S(=O)(=O)C1CC2CC(C1)C2(O)CNC(=O)C1CC(O)C(O)C1. The summed E-state index contributed by atoms with van der Waals surface area (Å²) >= 11 is 6.37. The third-order valence-electron chi connectivity index (χ3n) is 9.45. The van der Waals surface area contributed by atoms with Crippen LogP contribution in [-0.2, 0) is 19.4 Å². The third-order valence-corrected chi connectivity index (χ3v) is 12.6. The summed E-state index contributed by atoms with van der Waals surface area (Å²) in [6.07, 6.45) is 1.74. The molecule has 230 valence electrons. The molecule has 0 saturated heterocycles. The monoisotopic (exact) mass is 632 g/mol. The number of carbonyl (C=O) groups is 2. The summed E-state index contributed by atoms with van der Waals surface area (Å²) in [7, 11) is -4.00. The summed E-state index contributed by atoms with van der Waals surface area (Å²) in [5.41, 5.74) is -1.64. The summed E-state index contributed by atoms with van der Waals surface area (Å²) in [6, 6.07) is 1.22. The van der Waals surface area contributed by atoms with Crippen LogP contribution in [0.5, 0.6) is 0 Å². The van der Waals surface area contributed by atoms with Gasteiger partial charge in [-0.2, -0.15) is 0 Å². The average molecular weight is 633 g/mol. The van der Waals surface area contributed by atoms with Crippen LogP contribution in [0.25, 0.3) is 0 Å². The second-order valence-corrected chi connectivity index (χ2v) is 14.7. The van der Waals surface area contributed by atoms with Gasteiger partial charge in [-0.25, -0.2) is 21.6 Å². The van der Waals surface area contributed by atoms with E-state index in [1.807, 2.05) is 0 Å². The molecule has 6 rings (SSSR count). The number of aliphatic hydroxyl groups is 3. The molecule has 1 aromatic carbocycles. The largest absolute Gasteiger partial charge is 0.390 e. The van der Waals surface area contributed by atoms with Gasteiger partial charge >= 0.3 is 0 Å². The van der Waals surface area contributed by atoms with E-state index in [4.69, 9.17) is 11.6 Å². The van der Waals surface area contributed by atoms with Crippen molar-refractivity contribution >= 4 is 38.9 Å². The number of benzene rings is 1. The van der Waals surface area contributed by atoms with Gasteiger partial charge in [-0.05, 0) is 50.0 Å². The van der Waals surface area contributed by atoms with Crippen molar-refractivity contribution in [3.05, 3.63) is 52.3 Å². The number of hydrogen-bond acceptors (Lipinski definition) is 7. The van der Waals surface area contributed by atoms with Gasteiger partial charge in [-0.15, -0.1) is 0 Å². The first-order valence-corrected chi connectivity index (χ1v) is 15.7. The number of sulfone groups is 1. The molecule has 9 nitrogen and oxygen atoms in total. The molecule has 14 heteroatoms. The zero-order chi connectivity index (χ0) is 30.7. The van der Waals surface area contributed by atoms with Gasteiger partial charge in [-0.1, -0.05) is 24.6 Å². The number of fused-ring (bicyclic) bond motifs is 2. The zero-order valence-corrected chi connectivity index (χ0v) is 24.1. The Hall–Kier alpha value is -2.45. The van der Waals surface area contributed by atoms with Crippen LogP contribution in [0.2, 0.25) is 0 Å². The minimum Gasteiger partial charge on any atom is -0.390 e. The lowest BCUT2D eigenvalue weighted by Crippen LogP contribution is -2.66. The summed E-state index contributed by atoms with van der Waals surface area (Å²) in [6.45, 7) is 1.43. The number of halogens is 4. The van der Waals surface area contributed by atoms with E-state index in [0.29, 0.717) is 18.6 Å². The van der Waals surface area contributed by atoms with Crippen LogP contribution < -0.4 is 10.6 Å². The van der Waals surface area contributed by atoms with Crippen molar-refractivity contribution in [3.63, 3.8) is 0 Å². The molecule has 2 bridgehead atoms. The Labute approximate surface area is 245 Å². The molecule has 0 aromatic heterocycles. The maximum absolute atomic E-state index is 13.9. The predicted molar refractivity (Wildman–Crippen MR) is 146 cm³/mol. The van der Waals surface area contributed by atoms with E-state index in [1.54, 1.807) is 0 Å². The fourth-order valence-electron chi connectivity index (χ4n) is 6.97. The molecule has 0 radical (unpaired) electrons. The molecule has 4 saturated carbocycles. The van der Waals surface area contributed by atoms with Crippen molar-refractivity contribution in [2.75, 3.05) is 11.9 Å². The molecule has 2 amide bonds. The normalized spacial score (nSPS) is 36.0. The number of anilines is 1. The minimum atomic E-state index is -4.00. The van der Waals surface area contributed by atoms with Crippen molar-refractivity contribution in [3.8, 4) is 0 Å². The molecule has 5 aliphatic rings. The van der Waals surface area contributed by atoms with Crippen LogP contribution in [0.15, 0.2) is 34.9 Å². The molecule has 42 heavy (non-hydrogen) atoms. The molecule has 0 heterocycles. The van der Waals surface area contributed by atoms with Gasteiger partial charge in [-0.3, -0.25) is 9.59 Å². The smallest absolute Gasteiger partial charge is 0.251 e. The highest BCUT2D eigenvalue weighted by Crippen LogP contribution is 2.55. The molecule has 4 fully saturated rings. The summed E-state index contributed by atoms with van der Waals surface area (Å²) in [5, 5.41) is 33.6.